The van der Waals surface area contributed by atoms with Crippen LogP contribution in [0.3, 0.4) is 0 Å². The van der Waals surface area contributed by atoms with Crippen molar-refractivity contribution in [3.63, 3.8) is 0 Å². The van der Waals surface area contributed by atoms with Gasteiger partial charge in [0.15, 0.2) is 0 Å². The van der Waals surface area contributed by atoms with Gasteiger partial charge in [0.2, 0.25) is 0 Å². The minimum absolute atomic E-state index is 0.318. The first-order chi connectivity index (χ1) is 7.69. The molecule has 0 saturated carbocycles. The highest BCUT2D eigenvalue weighted by atomic mass is 19.4. The molecule has 0 aromatic carbocycles. The third-order valence-corrected chi connectivity index (χ3v) is 2.01. The zero-order valence-corrected chi connectivity index (χ0v) is 8.81. The van der Waals surface area contributed by atoms with Crippen molar-refractivity contribution in [1.29, 1.82) is 0 Å². The number of nitrogens with zero attached hydrogens (tertiary/aromatic N) is 3. The maximum Gasteiger partial charge on any atom is 0.391 e. The molecule has 0 aliphatic carbocycles. The maximum absolute atomic E-state index is 11.9. The van der Waals surface area contributed by atoms with Gasteiger partial charge in [-0.3, -0.25) is 0 Å². The number of aromatic nitrogens is 2. The van der Waals surface area contributed by atoms with Crippen LogP contribution in [0.5, 0.6) is 0 Å². The van der Waals surface area contributed by atoms with Gasteiger partial charge < -0.3 is 15.2 Å². The Morgan fingerprint density at radius 2 is 2.24 bits per heavy atom. The minimum atomic E-state index is -4.48. The largest absolute Gasteiger partial charge is 0.391 e. The van der Waals surface area contributed by atoms with Gasteiger partial charge in [-0.25, -0.2) is 0 Å². The summed E-state index contributed by atoms with van der Waals surface area (Å²) < 4.78 is 36.8. The first-order valence-electron chi connectivity index (χ1n) is 4.62. The van der Waals surface area contributed by atoms with Crippen LogP contribution in [0.25, 0.3) is 0 Å². The van der Waals surface area contributed by atoms with E-state index in [1.807, 2.05) is 0 Å². The van der Waals surface area contributed by atoms with Crippen LogP contribution in [0.15, 0.2) is 6.07 Å². The topological polar surface area (TPSA) is 81.2 Å². The summed E-state index contributed by atoms with van der Waals surface area (Å²) in [5.41, 5.74) is 0.318. The summed E-state index contributed by atoms with van der Waals surface area (Å²) >= 11 is 0. The lowest BCUT2D eigenvalue weighted by Gasteiger charge is -2.11. The molecule has 17 heavy (non-hydrogen) atoms. The van der Waals surface area contributed by atoms with Gasteiger partial charge in [0.1, 0.15) is 0 Å². The normalized spacial score (nSPS) is 13.7. The number of nitro groups is 1. The van der Waals surface area contributed by atoms with E-state index in [9.17, 15) is 23.3 Å². The van der Waals surface area contributed by atoms with Crippen molar-refractivity contribution < 1.29 is 23.2 Å². The second-order valence-electron chi connectivity index (χ2n) is 3.56. The van der Waals surface area contributed by atoms with Gasteiger partial charge in [-0.2, -0.15) is 17.9 Å². The molecule has 96 valence electrons. The average molecular weight is 253 g/mol. The third kappa shape index (κ3) is 4.02. The molecular weight excluding hydrogens is 243 g/mol. The third-order valence-electron chi connectivity index (χ3n) is 2.01. The molecule has 9 heteroatoms. The van der Waals surface area contributed by atoms with E-state index in [-0.39, 0.29) is 0 Å². The molecule has 0 amide bonds. The molecule has 0 radical (unpaired) electrons. The van der Waals surface area contributed by atoms with Crippen LogP contribution >= 0.6 is 0 Å². The average Bonchev–Trinajstić information content (AvgIpc) is 2.44. The summed E-state index contributed by atoms with van der Waals surface area (Å²) in [5.74, 6) is -0.457. The first kappa shape index (κ1) is 13.4. The van der Waals surface area contributed by atoms with E-state index in [2.05, 4.69) is 5.10 Å². The van der Waals surface area contributed by atoms with E-state index >= 15 is 0 Å². The fraction of sp³-hybridized carbons (Fsp3) is 0.625. The highest BCUT2D eigenvalue weighted by Crippen LogP contribution is 2.22. The number of halogens is 3. The van der Waals surface area contributed by atoms with E-state index in [1.54, 1.807) is 0 Å². The molecule has 1 rings (SSSR count). The van der Waals surface area contributed by atoms with Gasteiger partial charge in [-0.1, -0.05) is 0 Å². The molecule has 1 aromatic heterocycles. The van der Waals surface area contributed by atoms with Gasteiger partial charge in [0, 0.05) is 0 Å². The molecule has 1 aromatic rings. The molecule has 6 nitrogen and oxygen atoms in total. The van der Waals surface area contributed by atoms with Crippen molar-refractivity contribution in [3.8, 4) is 0 Å². The standard InChI is InChI=1S/C8H10F3N3O3/c1-5-2-7(14(16)17)12-13(5)4-6(15)3-8(9,10)11/h2,6,15H,3-4H2,1H3/t6-/m1/s1. The molecular formula is C8H10F3N3O3. The van der Waals surface area contributed by atoms with Crippen molar-refractivity contribution >= 4 is 5.82 Å². The van der Waals surface area contributed by atoms with Crippen LogP contribution in [0.2, 0.25) is 0 Å². The molecule has 0 unspecified atom stereocenters. The van der Waals surface area contributed by atoms with Crippen LogP contribution in [0.1, 0.15) is 12.1 Å². The van der Waals surface area contributed by atoms with Crippen LogP contribution in [0.4, 0.5) is 19.0 Å². The van der Waals surface area contributed by atoms with Crippen molar-refractivity contribution in [2.45, 2.75) is 32.2 Å². The number of hydrogen-bond acceptors (Lipinski definition) is 4. The molecule has 0 aliphatic rings. The summed E-state index contributed by atoms with van der Waals surface area (Å²) in [6.45, 7) is 1.03. The van der Waals surface area contributed by atoms with Gasteiger partial charge in [0.25, 0.3) is 0 Å². The number of aliphatic hydroxyl groups excluding tert-OH is 1. The van der Waals surface area contributed by atoms with E-state index in [0.717, 1.165) is 10.7 Å². The van der Waals surface area contributed by atoms with E-state index in [0.29, 0.717) is 5.69 Å². The Bertz CT molecular complexity index is 416. The summed E-state index contributed by atoms with van der Waals surface area (Å²) in [6, 6.07) is 1.13. The molecule has 0 saturated heterocycles. The Balaban J connectivity index is 2.71. The van der Waals surface area contributed by atoms with Gasteiger partial charge >= 0.3 is 12.0 Å². The van der Waals surface area contributed by atoms with Crippen molar-refractivity contribution in [2.75, 3.05) is 0 Å². The predicted molar refractivity (Wildman–Crippen MR) is 50.3 cm³/mol. The second kappa shape index (κ2) is 4.70. The lowest BCUT2D eigenvalue weighted by atomic mass is 10.2. The van der Waals surface area contributed by atoms with Crippen molar-refractivity contribution in [1.82, 2.24) is 9.78 Å². The molecule has 1 heterocycles. The lowest BCUT2D eigenvalue weighted by Crippen LogP contribution is -2.24. The smallest absolute Gasteiger partial charge is 0.391 e. The van der Waals surface area contributed by atoms with E-state index < -0.39 is 36.0 Å². The summed E-state index contributed by atoms with van der Waals surface area (Å²) in [5, 5.41) is 23.0. The predicted octanol–water partition coefficient (Wildman–Crippen LogP) is 1.41. The molecule has 0 bridgehead atoms. The molecule has 0 spiro atoms. The molecule has 0 fully saturated rings. The summed E-state index contributed by atoms with van der Waals surface area (Å²) in [6.07, 6.45) is -7.53. The van der Waals surface area contributed by atoms with Crippen LogP contribution in [-0.4, -0.2) is 32.1 Å². The summed E-state index contributed by atoms with van der Waals surface area (Å²) in [4.78, 5) is 9.62. The zero-order valence-electron chi connectivity index (χ0n) is 8.81. The Kier molecular flexibility index (Phi) is 3.71. The van der Waals surface area contributed by atoms with Crippen molar-refractivity contribution in [2.24, 2.45) is 0 Å². The number of hydrogen-bond donors (Lipinski definition) is 1. The first-order valence-corrected chi connectivity index (χ1v) is 4.62. The molecule has 1 N–H and O–H groups in total. The second-order valence-corrected chi connectivity index (χ2v) is 3.56. The SMILES string of the molecule is Cc1cc([N+](=O)[O-])nn1C[C@H](O)CC(F)(F)F. The maximum atomic E-state index is 11.9. The highest BCUT2D eigenvalue weighted by molar-refractivity contribution is 5.20. The number of rotatable bonds is 4. The van der Waals surface area contributed by atoms with Crippen LogP contribution < -0.4 is 0 Å². The Morgan fingerprint density at radius 1 is 1.65 bits per heavy atom. The van der Waals surface area contributed by atoms with Gasteiger partial charge in [-0.15, -0.1) is 0 Å². The number of alkyl halides is 3. The fourth-order valence-electron chi connectivity index (χ4n) is 1.30. The highest BCUT2D eigenvalue weighted by Gasteiger charge is 2.32. The van der Waals surface area contributed by atoms with E-state index in [4.69, 9.17) is 5.11 Å². The van der Waals surface area contributed by atoms with Crippen LogP contribution in [-0.2, 0) is 6.54 Å². The fourth-order valence-corrected chi connectivity index (χ4v) is 1.30. The van der Waals surface area contributed by atoms with Crippen molar-refractivity contribution in [3.05, 3.63) is 21.9 Å². The Morgan fingerprint density at radius 3 is 2.65 bits per heavy atom. The number of aryl methyl sites for hydroxylation is 1. The van der Waals surface area contributed by atoms with Crippen LogP contribution in [0, 0.1) is 17.0 Å². The lowest BCUT2D eigenvalue weighted by molar-refractivity contribution is -0.389. The zero-order chi connectivity index (χ0) is 13.2. The van der Waals surface area contributed by atoms with Gasteiger partial charge in [-0.05, 0) is 11.8 Å². The van der Waals surface area contributed by atoms with E-state index in [1.165, 1.54) is 6.92 Å². The molecule has 0 aliphatic heterocycles. The number of aliphatic hydroxyl groups is 1. The Labute approximate surface area is 93.8 Å². The quantitative estimate of drug-likeness (QED) is 0.649. The van der Waals surface area contributed by atoms with Gasteiger partial charge in [0.05, 0.1) is 35.9 Å². The Hall–Kier alpha value is -1.64. The minimum Gasteiger partial charge on any atom is -0.391 e. The monoisotopic (exact) mass is 253 g/mol. The summed E-state index contributed by atoms with van der Waals surface area (Å²) in [7, 11) is 0. The molecule has 1 atom stereocenters.